The van der Waals surface area contributed by atoms with E-state index < -0.39 is 11.8 Å². The van der Waals surface area contributed by atoms with Crippen LogP contribution in [0.4, 0.5) is 0 Å². The molecule has 1 rings (SSSR count). The van der Waals surface area contributed by atoms with E-state index in [1.807, 2.05) is 13.0 Å². The number of ether oxygens (including phenoxy) is 3. The summed E-state index contributed by atoms with van der Waals surface area (Å²) in [5, 5.41) is 5.22. The Balaban J connectivity index is 2.52. The SMILES string of the molecule is CCOCCCNC(=O)C(=O)NC(C)c1ccc(OC)c(OC)c1. The van der Waals surface area contributed by atoms with Gasteiger partial charge >= 0.3 is 11.8 Å². The van der Waals surface area contributed by atoms with E-state index in [0.29, 0.717) is 37.7 Å². The number of amides is 2. The molecule has 0 bridgehead atoms. The smallest absolute Gasteiger partial charge is 0.309 e. The van der Waals surface area contributed by atoms with Crippen molar-refractivity contribution in [3.8, 4) is 11.5 Å². The molecule has 2 N–H and O–H groups in total. The van der Waals surface area contributed by atoms with E-state index in [2.05, 4.69) is 10.6 Å². The van der Waals surface area contributed by atoms with Gasteiger partial charge in [0.15, 0.2) is 11.5 Å². The van der Waals surface area contributed by atoms with E-state index in [9.17, 15) is 9.59 Å². The third-order valence-corrected chi connectivity index (χ3v) is 3.42. The molecule has 2 amide bonds. The summed E-state index contributed by atoms with van der Waals surface area (Å²) < 4.78 is 15.6. The molecular formula is C17H26N2O5. The minimum absolute atomic E-state index is 0.341. The van der Waals surface area contributed by atoms with Crippen molar-refractivity contribution in [1.29, 1.82) is 0 Å². The third kappa shape index (κ3) is 6.08. The molecule has 0 aliphatic heterocycles. The molecule has 0 aliphatic rings. The quantitative estimate of drug-likeness (QED) is 0.525. The molecule has 134 valence electrons. The van der Waals surface area contributed by atoms with Crippen molar-refractivity contribution >= 4 is 11.8 Å². The first kappa shape index (κ1) is 19.8. The van der Waals surface area contributed by atoms with Gasteiger partial charge in [-0.05, 0) is 38.0 Å². The Morgan fingerprint density at radius 3 is 2.46 bits per heavy atom. The van der Waals surface area contributed by atoms with Gasteiger partial charge in [0, 0.05) is 19.8 Å². The Hall–Kier alpha value is -2.28. The van der Waals surface area contributed by atoms with Gasteiger partial charge in [0.25, 0.3) is 0 Å². The number of hydrogen-bond donors (Lipinski definition) is 2. The predicted octanol–water partition coefficient (Wildman–Crippen LogP) is 1.42. The number of benzene rings is 1. The molecule has 0 saturated heterocycles. The Morgan fingerprint density at radius 1 is 1.12 bits per heavy atom. The summed E-state index contributed by atoms with van der Waals surface area (Å²) in [5.41, 5.74) is 0.810. The number of carbonyl (C=O) groups excluding carboxylic acids is 2. The maximum atomic E-state index is 11.9. The van der Waals surface area contributed by atoms with Crippen molar-refractivity contribution < 1.29 is 23.8 Å². The van der Waals surface area contributed by atoms with E-state index in [1.54, 1.807) is 33.3 Å². The fourth-order valence-electron chi connectivity index (χ4n) is 2.07. The third-order valence-electron chi connectivity index (χ3n) is 3.42. The molecule has 0 radical (unpaired) electrons. The molecule has 0 aliphatic carbocycles. The number of hydrogen-bond acceptors (Lipinski definition) is 5. The summed E-state index contributed by atoms with van der Waals surface area (Å²) >= 11 is 0. The molecule has 7 nitrogen and oxygen atoms in total. The summed E-state index contributed by atoms with van der Waals surface area (Å²) in [6.07, 6.45) is 0.665. The zero-order valence-corrected chi connectivity index (χ0v) is 14.7. The second kappa shape index (κ2) is 10.5. The molecule has 0 saturated carbocycles. The highest BCUT2D eigenvalue weighted by molar-refractivity contribution is 6.35. The van der Waals surface area contributed by atoms with Crippen molar-refractivity contribution in [3.05, 3.63) is 23.8 Å². The lowest BCUT2D eigenvalue weighted by molar-refractivity contribution is -0.139. The van der Waals surface area contributed by atoms with E-state index in [0.717, 1.165) is 5.56 Å². The molecule has 1 aromatic rings. The average molecular weight is 338 g/mol. The molecule has 1 atom stereocenters. The van der Waals surface area contributed by atoms with Crippen molar-refractivity contribution in [3.63, 3.8) is 0 Å². The number of methoxy groups -OCH3 is 2. The first-order valence-corrected chi connectivity index (χ1v) is 7.91. The number of carbonyl (C=O) groups is 2. The Kier molecular flexibility index (Phi) is 8.64. The largest absolute Gasteiger partial charge is 0.493 e. The molecule has 0 spiro atoms. The fraction of sp³-hybridized carbons (Fsp3) is 0.529. The van der Waals surface area contributed by atoms with Crippen LogP contribution in [0.5, 0.6) is 11.5 Å². The second-order valence-electron chi connectivity index (χ2n) is 5.12. The van der Waals surface area contributed by atoms with Crippen molar-refractivity contribution in [2.75, 3.05) is 34.0 Å². The van der Waals surface area contributed by atoms with Gasteiger partial charge in [0.1, 0.15) is 0 Å². The van der Waals surface area contributed by atoms with Crippen LogP contribution in [0, 0.1) is 0 Å². The van der Waals surface area contributed by atoms with Crippen LogP contribution >= 0.6 is 0 Å². The Bertz CT molecular complexity index is 548. The van der Waals surface area contributed by atoms with Crippen LogP contribution in [0.15, 0.2) is 18.2 Å². The van der Waals surface area contributed by atoms with Crippen LogP contribution in [0.2, 0.25) is 0 Å². The van der Waals surface area contributed by atoms with E-state index in [1.165, 1.54) is 0 Å². The van der Waals surface area contributed by atoms with Gasteiger partial charge in [0.05, 0.1) is 20.3 Å². The maximum absolute atomic E-state index is 11.9. The number of rotatable bonds is 9. The Labute approximate surface area is 142 Å². The first-order chi connectivity index (χ1) is 11.5. The van der Waals surface area contributed by atoms with E-state index >= 15 is 0 Å². The first-order valence-electron chi connectivity index (χ1n) is 7.91. The van der Waals surface area contributed by atoms with Gasteiger partial charge in [-0.2, -0.15) is 0 Å². The van der Waals surface area contributed by atoms with Crippen LogP contribution in [-0.4, -0.2) is 45.8 Å². The van der Waals surface area contributed by atoms with Crippen molar-refractivity contribution in [2.45, 2.75) is 26.3 Å². The van der Waals surface area contributed by atoms with Gasteiger partial charge in [-0.25, -0.2) is 0 Å². The van der Waals surface area contributed by atoms with Crippen LogP contribution in [0.3, 0.4) is 0 Å². The highest BCUT2D eigenvalue weighted by atomic mass is 16.5. The van der Waals surface area contributed by atoms with Crippen LogP contribution in [-0.2, 0) is 14.3 Å². The zero-order chi connectivity index (χ0) is 17.9. The van der Waals surface area contributed by atoms with E-state index in [4.69, 9.17) is 14.2 Å². The monoisotopic (exact) mass is 338 g/mol. The summed E-state index contributed by atoms with van der Waals surface area (Å²) in [7, 11) is 3.10. The second-order valence-corrected chi connectivity index (χ2v) is 5.12. The highest BCUT2D eigenvalue weighted by Crippen LogP contribution is 2.29. The van der Waals surface area contributed by atoms with Gasteiger partial charge in [-0.15, -0.1) is 0 Å². The topological polar surface area (TPSA) is 85.9 Å². The maximum Gasteiger partial charge on any atom is 0.309 e. The van der Waals surface area contributed by atoms with Gasteiger partial charge < -0.3 is 24.8 Å². The average Bonchev–Trinajstić information content (AvgIpc) is 2.60. The Morgan fingerprint density at radius 2 is 1.83 bits per heavy atom. The molecule has 7 heteroatoms. The molecular weight excluding hydrogens is 312 g/mol. The lowest BCUT2D eigenvalue weighted by Crippen LogP contribution is -2.41. The normalized spacial score (nSPS) is 11.5. The van der Waals surface area contributed by atoms with Crippen LogP contribution in [0.1, 0.15) is 31.9 Å². The minimum Gasteiger partial charge on any atom is -0.493 e. The number of nitrogens with one attached hydrogen (secondary N) is 2. The standard InChI is InChI=1S/C17H26N2O5/c1-5-24-10-6-9-18-16(20)17(21)19-12(2)13-7-8-14(22-3)15(11-13)23-4/h7-8,11-12H,5-6,9-10H2,1-4H3,(H,18,20)(H,19,21). The molecule has 0 aromatic heterocycles. The summed E-state index contributed by atoms with van der Waals surface area (Å²) in [4.78, 5) is 23.7. The van der Waals surface area contributed by atoms with Crippen molar-refractivity contribution in [2.24, 2.45) is 0 Å². The van der Waals surface area contributed by atoms with Crippen LogP contribution in [0.25, 0.3) is 0 Å². The molecule has 0 heterocycles. The van der Waals surface area contributed by atoms with Gasteiger partial charge in [0.2, 0.25) is 0 Å². The van der Waals surface area contributed by atoms with Crippen LogP contribution < -0.4 is 20.1 Å². The summed E-state index contributed by atoms with van der Waals surface area (Å²) in [5.74, 6) is -0.157. The summed E-state index contributed by atoms with van der Waals surface area (Å²) in [6.45, 7) is 5.29. The zero-order valence-electron chi connectivity index (χ0n) is 14.7. The summed E-state index contributed by atoms with van der Waals surface area (Å²) in [6, 6.07) is 4.99. The molecule has 0 fully saturated rings. The fourth-order valence-corrected chi connectivity index (χ4v) is 2.07. The highest BCUT2D eigenvalue weighted by Gasteiger charge is 2.17. The van der Waals surface area contributed by atoms with Gasteiger partial charge in [-0.1, -0.05) is 6.07 Å². The van der Waals surface area contributed by atoms with Gasteiger partial charge in [-0.3, -0.25) is 9.59 Å². The minimum atomic E-state index is -0.673. The lowest BCUT2D eigenvalue weighted by Gasteiger charge is -2.16. The molecule has 1 aromatic carbocycles. The van der Waals surface area contributed by atoms with Crippen molar-refractivity contribution in [1.82, 2.24) is 10.6 Å². The van der Waals surface area contributed by atoms with E-state index in [-0.39, 0.29) is 6.04 Å². The predicted molar refractivity (Wildman–Crippen MR) is 90.2 cm³/mol. The molecule has 1 unspecified atom stereocenters. The molecule has 24 heavy (non-hydrogen) atoms. The lowest BCUT2D eigenvalue weighted by atomic mass is 10.1.